The number of allylic oxidation sites excluding steroid dienone is 5. The fourth-order valence-corrected chi connectivity index (χ4v) is 22.9. The molecular weight excluding hydrogens is 2470 g/mol. The van der Waals surface area contributed by atoms with Crippen molar-refractivity contribution >= 4 is 282 Å². The Morgan fingerprint density at radius 2 is 0.878 bits per heavy atom. The number of hydrogen-bond acceptors (Lipinski definition) is 38. The minimum atomic E-state index is -1.00. The SMILES string of the molecule is CC(C)(C)ON=O.CC1(C)OB(c2ccc3c(c2)C=CC3)OC1(C)C.CSc1nnc(-c2ccc3c(c2)C(I)=CC3)s1.CSc1nnc(-c2ccc3c(c2)C(I)=CC3)s1.CSc1nnc(-c2ccc3c(c2)C(c2nccc(N4CCOCC4)n2)=CC3)s1.CSc1nnc(-c2ccc3c(c2)C=CC3)s1.CSc1nnc(Br)s1.CSc1nnc(N)s1.Cc1nccc(N2CCOCC2)n1.[2H]CF.[2H]CF.[Br][Cu][Br]. The van der Waals surface area contributed by atoms with Crippen LogP contribution < -0.4 is 21.0 Å². The summed E-state index contributed by atoms with van der Waals surface area (Å²) >= 11 is 34.6. The Kier molecular flexibility index (Phi) is 47.3. The second-order valence-corrected chi connectivity index (χ2v) is 51.9. The Morgan fingerprint density at radius 3 is 1.26 bits per heavy atom. The average molecular weight is 2580 g/mol. The van der Waals surface area contributed by atoms with Gasteiger partial charge in [-0.15, -0.1) is 66.1 Å². The fraction of sp³-hybridized carbons (Fsp3) is 0.348. The third-order valence-corrected chi connectivity index (χ3v) is 34.8. The van der Waals surface area contributed by atoms with Gasteiger partial charge in [0.1, 0.15) is 43.1 Å². The van der Waals surface area contributed by atoms with Gasteiger partial charge in [0.05, 0.1) is 54.7 Å². The molecule has 13 aromatic rings. The summed E-state index contributed by atoms with van der Waals surface area (Å²) in [6.07, 6.45) is 36.3. The van der Waals surface area contributed by atoms with Gasteiger partial charge in [-0.25, -0.2) is 19.9 Å². The molecule has 741 valence electrons. The topological polar surface area (TPSA) is 314 Å². The summed E-state index contributed by atoms with van der Waals surface area (Å²) in [6.45, 7) is 22.2. The molecule has 0 saturated carbocycles. The van der Waals surface area contributed by atoms with Crippen molar-refractivity contribution in [2.24, 2.45) is 5.34 Å². The Bertz CT molecular complexity index is 6190. The number of nitrogens with two attached hydrogens (primary N) is 1. The second kappa shape index (κ2) is 58.7. The molecule has 3 fully saturated rings. The third kappa shape index (κ3) is 34.5. The van der Waals surface area contributed by atoms with Crippen LogP contribution in [-0.4, -0.2) is 209 Å². The van der Waals surface area contributed by atoms with E-state index in [0.29, 0.717) is 5.13 Å². The van der Waals surface area contributed by atoms with Gasteiger partial charge in [-0.3, -0.25) is 8.78 Å². The third-order valence-electron chi connectivity index (χ3n) is 20.9. The van der Waals surface area contributed by atoms with E-state index in [1.807, 2.05) is 62.8 Å². The van der Waals surface area contributed by atoms with Gasteiger partial charge >= 0.3 is 46.7 Å². The summed E-state index contributed by atoms with van der Waals surface area (Å²) in [5.41, 5.74) is 24.5. The van der Waals surface area contributed by atoms with Crippen LogP contribution in [0.5, 0.6) is 0 Å². The zero-order valence-corrected chi connectivity index (χ0v) is 97.9. The summed E-state index contributed by atoms with van der Waals surface area (Å²) in [5, 5.41) is 55.3. The molecule has 5 aromatic carbocycles. The maximum absolute atomic E-state index is 9.96. The van der Waals surface area contributed by atoms with Crippen molar-refractivity contribution in [3.8, 4) is 42.3 Å². The molecule has 0 amide bonds. The van der Waals surface area contributed by atoms with E-state index in [1.165, 1.54) is 102 Å². The number of aromatic nitrogens is 16. The Hall–Kier alpha value is -5.60. The predicted molar refractivity (Wildman–Crippen MR) is 607 cm³/mol. The number of morpholine rings is 2. The van der Waals surface area contributed by atoms with E-state index in [-0.39, 0.29) is 18.3 Å². The van der Waals surface area contributed by atoms with Gasteiger partial charge in [-0.2, -0.15) is 0 Å². The number of ether oxygens (including phenoxy) is 2. The van der Waals surface area contributed by atoms with Crippen molar-refractivity contribution in [2.75, 3.05) is 120 Å². The van der Waals surface area contributed by atoms with Gasteiger partial charge in [-0.05, 0) is 284 Å². The van der Waals surface area contributed by atoms with Crippen molar-refractivity contribution in [2.45, 2.75) is 130 Å². The predicted octanol–water partition coefficient (Wildman–Crippen LogP) is 25.9. The molecule has 0 radical (unpaired) electrons. The van der Waals surface area contributed by atoms with E-state index in [2.05, 4.69) is 347 Å². The van der Waals surface area contributed by atoms with E-state index in [1.54, 1.807) is 154 Å². The number of thioether (sulfide) groups is 6. The maximum atomic E-state index is 9.96. The molecule has 11 heterocycles. The average Bonchev–Trinajstić information content (AvgIpc) is 1.61. The number of fused-ring (bicyclic) bond motifs is 5. The molecule has 3 aliphatic heterocycles. The molecule has 0 spiro atoms. The summed E-state index contributed by atoms with van der Waals surface area (Å²) in [4.78, 5) is 36.0. The number of rotatable bonds is 15. The summed E-state index contributed by atoms with van der Waals surface area (Å²) in [6, 6.07) is 36.6. The molecule has 0 atom stereocenters. The van der Waals surface area contributed by atoms with Crippen molar-refractivity contribution in [3.63, 3.8) is 0 Å². The molecule has 139 heavy (non-hydrogen) atoms. The standard InChI is InChI=1S/C20H19N5OS2.C15H19BO2.2C12H9IN2S2.C12H10N2S2.C9H13N3O.C4H9NO2.C3H3BrN2S2.C3H5N3S2.2CH3F.2BrH.Cu/c1-27-20-24-23-19(28-20)14-3-2-13-4-5-15(16(13)12-14)18-21-7-6-17(22-18)25-8-10-26-11-9-25;1-14(2)15(3,4)18-16(17-14)13-9-8-11-6-5-7-12(11)10-13;2*1-16-12-15-14-11(17-12)8-3-2-7-4-5-10(13)9(7)6-8;1-15-12-14-13-11(16-12)10-6-5-8-3-2-4-9(8)7-10;1-8-10-3-2-9(11-8)12-4-6-13-7-5-12;1-4(2,3)7-5-6;2*1-7-3-6-5-2(4)8-3;2*1-2;;;/h2-3,5-7,12H,4,8-11H2,1H3;5,7-10H,6H2,1-4H3;2*2-3,5-6H,4H2,1H3;2,4-7H,3H2,1H3;2-3H,4-7H2,1H3;1-3H3;1H3;1H3,(H2,4,5);2*1H3;2*1H;/q;;;;;;;;;;;;;+2/p-2/i;;;;;;;;;2*1D;;;. The van der Waals surface area contributed by atoms with E-state index >= 15 is 0 Å². The Labute approximate surface area is 919 Å². The molecular formula is C92H102BBr3CuF2I2N20O6S12. The first kappa shape index (κ1) is 112. The molecule has 8 aliphatic rings. The molecule has 47 heteroatoms. The van der Waals surface area contributed by atoms with Gasteiger partial charge < -0.3 is 39.2 Å². The zero-order valence-electron chi connectivity index (χ0n) is 80.1. The van der Waals surface area contributed by atoms with Crippen molar-refractivity contribution < 1.29 is 46.5 Å². The van der Waals surface area contributed by atoms with Crippen LogP contribution >= 0.6 is 228 Å². The summed E-state index contributed by atoms with van der Waals surface area (Å²) in [5.74, 6) is 3.58. The van der Waals surface area contributed by atoms with E-state index in [9.17, 15) is 13.7 Å². The van der Waals surface area contributed by atoms with Crippen LogP contribution in [0.25, 0.3) is 67.2 Å². The molecule has 2 N–H and O–H groups in total. The van der Waals surface area contributed by atoms with Crippen molar-refractivity contribution in [1.29, 1.82) is 0 Å². The number of hydrogen-bond donors (Lipinski definition) is 1. The Balaban J connectivity index is 0.000000166. The van der Waals surface area contributed by atoms with Crippen LogP contribution in [0.15, 0.2) is 181 Å². The first-order valence-electron chi connectivity index (χ1n) is 43.6. The molecule has 21 rings (SSSR count). The van der Waals surface area contributed by atoms with Gasteiger partial charge in [0, 0.05) is 73.6 Å². The summed E-state index contributed by atoms with van der Waals surface area (Å²) in [7, 11) is -2.26. The first-order valence-corrected chi connectivity index (χ1v) is 62.0. The van der Waals surface area contributed by atoms with E-state index in [0.717, 1.165) is 175 Å². The van der Waals surface area contributed by atoms with E-state index < -0.39 is 19.9 Å². The summed E-state index contributed by atoms with van der Waals surface area (Å²) < 4.78 is 63.3. The number of benzene rings is 5. The van der Waals surface area contributed by atoms with E-state index in [4.69, 9.17) is 32.2 Å². The van der Waals surface area contributed by atoms with Crippen LogP contribution in [0.2, 0.25) is 0 Å². The van der Waals surface area contributed by atoms with Crippen molar-refractivity contribution in [1.82, 2.24) is 81.1 Å². The van der Waals surface area contributed by atoms with Gasteiger partial charge in [0.2, 0.25) is 5.13 Å². The number of halogens is 7. The van der Waals surface area contributed by atoms with Crippen LogP contribution in [0.1, 0.15) is 118 Å². The minimum absolute atomic E-state index is 0.255. The normalized spacial score (nSPS) is 14.9. The van der Waals surface area contributed by atoms with Crippen LogP contribution in [0.4, 0.5) is 25.5 Å². The molecule has 26 nitrogen and oxygen atoms in total. The zero-order chi connectivity index (χ0) is 102. The molecule has 8 aromatic heterocycles. The number of anilines is 3. The van der Waals surface area contributed by atoms with Crippen LogP contribution in [0.3, 0.4) is 0 Å². The number of nitrogens with zero attached hydrogens (tertiary/aromatic N) is 19. The van der Waals surface area contributed by atoms with Crippen molar-refractivity contribution in [3.05, 3.63) is 222 Å². The number of nitrogen functional groups attached to an aromatic ring is 1. The van der Waals surface area contributed by atoms with Crippen LogP contribution in [0, 0.1) is 11.8 Å². The van der Waals surface area contributed by atoms with Crippen LogP contribution in [-0.2, 0) is 67.1 Å². The molecule has 3 saturated heterocycles. The molecule has 5 aliphatic carbocycles. The molecule has 0 unspecified atom stereocenters. The van der Waals surface area contributed by atoms with Gasteiger partial charge in [0.15, 0.2) is 41.1 Å². The monoisotopic (exact) mass is 2570 g/mol. The first-order chi connectivity index (χ1) is 67.9. The Morgan fingerprint density at radius 1 is 0.504 bits per heavy atom. The van der Waals surface area contributed by atoms with Gasteiger partial charge in [0.25, 0.3) is 0 Å². The quantitative estimate of drug-likeness (QED) is 0.0328. The van der Waals surface area contributed by atoms with Gasteiger partial charge in [-0.1, -0.05) is 248 Å². The number of alkyl halides is 2. The second-order valence-electron chi connectivity index (χ2n) is 31.3. The molecule has 0 bridgehead atoms. The number of aryl methyl sites for hydroxylation is 1. The fourth-order valence-electron chi connectivity index (χ4n) is 13.5.